The van der Waals surface area contributed by atoms with Crippen LogP contribution in [0.5, 0.6) is 0 Å². The summed E-state index contributed by atoms with van der Waals surface area (Å²) in [5.74, 6) is 0. The van der Waals surface area contributed by atoms with Crippen LogP contribution in [-0.2, 0) is 4.74 Å². The number of ether oxygens (including phenoxy) is 1. The Labute approximate surface area is 182 Å². The van der Waals surface area contributed by atoms with Gasteiger partial charge in [-0.3, -0.25) is 4.98 Å². The molecule has 2 aromatic heterocycles. The van der Waals surface area contributed by atoms with Crippen molar-refractivity contribution in [1.29, 1.82) is 0 Å². The molecule has 5 nitrogen and oxygen atoms in total. The number of aromatic nitrogens is 2. The van der Waals surface area contributed by atoms with Crippen molar-refractivity contribution in [3.8, 4) is 5.69 Å². The molecule has 0 bridgehead atoms. The highest BCUT2D eigenvalue weighted by molar-refractivity contribution is 7.80. The molecule has 3 aromatic rings. The number of nitrogens with zero attached hydrogens (tertiary/aromatic N) is 3. The Hall–Kier alpha value is -2.70. The van der Waals surface area contributed by atoms with Crippen molar-refractivity contribution in [2.45, 2.75) is 38.0 Å². The van der Waals surface area contributed by atoms with Gasteiger partial charge in [0.1, 0.15) is 0 Å². The molecule has 154 valence electrons. The van der Waals surface area contributed by atoms with Gasteiger partial charge in [0.05, 0.1) is 23.9 Å². The fraction of sp³-hybridized carbons (Fsp3) is 0.333. The van der Waals surface area contributed by atoms with Gasteiger partial charge < -0.3 is 19.5 Å². The summed E-state index contributed by atoms with van der Waals surface area (Å²) >= 11 is 5.82. The minimum Gasteiger partial charge on any atom is -0.376 e. The van der Waals surface area contributed by atoms with Gasteiger partial charge in [0.15, 0.2) is 5.11 Å². The molecule has 2 aliphatic heterocycles. The van der Waals surface area contributed by atoms with E-state index in [4.69, 9.17) is 17.0 Å². The molecule has 3 unspecified atom stereocenters. The highest BCUT2D eigenvalue weighted by atomic mass is 32.1. The van der Waals surface area contributed by atoms with E-state index in [-0.39, 0.29) is 18.2 Å². The number of para-hydroxylation sites is 1. The van der Waals surface area contributed by atoms with E-state index in [0.29, 0.717) is 0 Å². The molecule has 5 rings (SSSR count). The summed E-state index contributed by atoms with van der Waals surface area (Å²) in [7, 11) is 0. The number of nitrogens with one attached hydrogen (secondary N) is 1. The standard InChI is InChI=1S/C24H26N4OS/c1-17-12-13-21(28(17)18-8-3-2-4-9-18)23-22(20-11-5-6-14-25-20)26-24(30)27(23)16-19-10-7-15-29-19/h2-6,8-9,11-14,19,22-23H,7,10,15-16H2,1H3,(H,26,30). The maximum absolute atomic E-state index is 5.96. The lowest BCUT2D eigenvalue weighted by Gasteiger charge is -2.30. The van der Waals surface area contributed by atoms with Crippen molar-refractivity contribution in [2.24, 2.45) is 0 Å². The highest BCUT2D eigenvalue weighted by Crippen LogP contribution is 2.40. The molecule has 30 heavy (non-hydrogen) atoms. The van der Waals surface area contributed by atoms with Crippen LogP contribution in [0.25, 0.3) is 5.69 Å². The Morgan fingerprint density at radius 1 is 1.10 bits per heavy atom. The van der Waals surface area contributed by atoms with Crippen LogP contribution in [0.15, 0.2) is 66.9 Å². The molecule has 0 spiro atoms. The number of pyridine rings is 1. The second-order valence-corrected chi connectivity index (χ2v) is 8.37. The molecule has 6 heteroatoms. The Kier molecular flexibility index (Phi) is 5.27. The molecule has 1 aromatic carbocycles. The predicted octanol–water partition coefficient (Wildman–Crippen LogP) is 4.33. The first kappa shape index (κ1) is 19.3. The molecule has 0 saturated carbocycles. The van der Waals surface area contributed by atoms with Gasteiger partial charge in [-0.2, -0.15) is 0 Å². The second-order valence-electron chi connectivity index (χ2n) is 7.98. The number of hydrogen-bond acceptors (Lipinski definition) is 3. The minimum absolute atomic E-state index is 0.0168. The van der Waals surface area contributed by atoms with Crippen LogP contribution >= 0.6 is 12.2 Å². The number of aryl methyl sites for hydroxylation is 1. The molecule has 2 saturated heterocycles. The molecule has 1 N–H and O–H groups in total. The zero-order valence-electron chi connectivity index (χ0n) is 17.1. The van der Waals surface area contributed by atoms with Crippen LogP contribution in [-0.4, -0.2) is 38.8 Å². The summed E-state index contributed by atoms with van der Waals surface area (Å²) in [5, 5.41) is 4.32. The number of thiocarbonyl (C=S) groups is 1. The minimum atomic E-state index is -0.0168. The van der Waals surface area contributed by atoms with E-state index < -0.39 is 0 Å². The molecule has 2 fully saturated rings. The molecule has 0 amide bonds. The van der Waals surface area contributed by atoms with Crippen LogP contribution in [0.2, 0.25) is 0 Å². The van der Waals surface area contributed by atoms with E-state index in [9.17, 15) is 0 Å². The lowest BCUT2D eigenvalue weighted by molar-refractivity contribution is 0.0836. The smallest absolute Gasteiger partial charge is 0.170 e. The van der Waals surface area contributed by atoms with E-state index in [1.807, 2.05) is 18.3 Å². The van der Waals surface area contributed by atoms with Gasteiger partial charge in [-0.25, -0.2) is 0 Å². The first-order valence-electron chi connectivity index (χ1n) is 10.6. The molecule has 0 radical (unpaired) electrons. The van der Waals surface area contributed by atoms with Gasteiger partial charge in [-0.15, -0.1) is 0 Å². The van der Waals surface area contributed by atoms with Gasteiger partial charge in [0.2, 0.25) is 0 Å². The van der Waals surface area contributed by atoms with Crippen LogP contribution < -0.4 is 5.32 Å². The fourth-order valence-corrected chi connectivity index (χ4v) is 4.97. The average molecular weight is 419 g/mol. The molecule has 3 atom stereocenters. The fourth-order valence-electron chi connectivity index (χ4n) is 4.65. The van der Waals surface area contributed by atoms with Gasteiger partial charge in [0.25, 0.3) is 0 Å². The Morgan fingerprint density at radius 2 is 1.93 bits per heavy atom. The predicted molar refractivity (Wildman–Crippen MR) is 122 cm³/mol. The molecule has 0 aliphatic carbocycles. The third kappa shape index (κ3) is 3.50. The average Bonchev–Trinajstić information content (AvgIpc) is 3.50. The summed E-state index contributed by atoms with van der Waals surface area (Å²) < 4.78 is 8.29. The maximum Gasteiger partial charge on any atom is 0.170 e. The first-order valence-corrected chi connectivity index (χ1v) is 11.0. The molecule has 2 aliphatic rings. The zero-order valence-corrected chi connectivity index (χ0v) is 17.9. The van der Waals surface area contributed by atoms with Crippen LogP contribution in [0.4, 0.5) is 0 Å². The van der Waals surface area contributed by atoms with Gasteiger partial charge >= 0.3 is 0 Å². The van der Waals surface area contributed by atoms with Crippen molar-refractivity contribution in [3.05, 3.63) is 83.9 Å². The van der Waals surface area contributed by atoms with Crippen molar-refractivity contribution >= 4 is 17.3 Å². The third-order valence-electron chi connectivity index (χ3n) is 6.05. The lowest BCUT2D eigenvalue weighted by atomic mass is 10.0. The van der Waals surface area contributed by atoms with Crippen LogP contribution in [0, 0.1) is 6.92 Å². The van der Waals surface area contributed by atoms with E-state index >= 15 is 0 Å². The summed E-state index contributed by atoms with van der Waals surface area (Å²) in [5.41, 5.74) is 4.56. The highest BCUT2D eigenvalue weighted by Gasteiger charge is 2.42. The summed E-state index contributed by atoms with van der Waals surface area (Å²) in [6.07, 6.45) is 4.27. The van der Waals surface area contributed by atoms with Gasteiger partial charge in [-0.05, 0) is 68.4 Å². The van der Waals surface area contributed by atoms with Gasteiger partial charge in [0, 0.05) is 36.4 Å². The topological polar surface area (TPSA) is 42.3 Å². The van der Waals surface area contributed by atoms with Crippen LogP contribution in [0.3, 0.4) is 0 Å². The molecular formula is C24H26N4OS. The Morgan fingerprint density at radius 3 is 2.67 bits per heavy atom. The lowest BCUT2D eigenvalue weighted by Crippen LogP contribution is -2.36. The van der Waals surface area contributed by atoms with E-state index in [0.717, 1.165) is 42.5 Å². The van der Waals surface area contributed by atoms with Crippen molar-refractivity contribution in [2.75, 3.05) is 13.2 Å². The third-order valence-corrected chi connectivity index (χ3v) is 6.40. The monoisotopic (exact) mass is 418 g/mol. The molecular weight excluding hydrogens is 392 g/mol. The zero-order chi connectivity index (χ0) is 20.5. The van der Waals surface area contributed by atoms with E-state index in [2.05, 4.69) is 75.2 Å². The van der Waals surface area contributed by atoms with E-state index in [1.54, 1.807) is 0 Å². The van der Waals surface area contributed by atoms with Gasteiger partial charge in [-0.1, -0.05) is 24.3 Å². The summed E-state index contributed by atoms with van der Waals surface area (Å²) in [6.45, 7) is 3.78. The normalized spacial score (nSPS) is 23.7. The van der Waals surface area contributed by atoms with Crippen molar-refractivity contribution in [3.63, 3.8) is 0 Å². The maximum atomic E-state index is 5.96. The SMILES string of the molecule is Cc1ccc(C2C(c3ccccn3)NC(=S)N2CC2CCCO2)n1-c1ccccc1. The number of benzene rings is 1. The Bertz CT molecular complexity index is 1010. The quantitative estimate of drug-likeness (QED) is 0.625. The van der Waals surface area contributed by atoms with E-state index in [1.165, 1.54) is 11.4 Å². The van der Waals surface area contributed by atoms with Crippen molar-refractivity contribution in [1.82, 2.24) is 19.8 Å². The molecule has 4 heterocycles. The summed E-state index contributed by atoms with van der Waals surface area (Å²) in [6, 6.07) is 21.0. The number of hydrogen-bond donors (Lipinski definition) is 1. The first-order chi connectivity index (χ1) is 14.7. The Balaban J connectivity index is 1.60. The second kappa shape index (κ2) is 8.20. The summed E-state index contributed by atoms with van der Waals surface area (Å²) in [4.78, 5) is 6.96. The largest absolute Gasteiger partial charge is 0.376 e. The van der Waals surface area contributed by atoms with Crippen molar-refractivity contribution < 1.29 is 4.74 Å². The number of rotatable bonds is 5. The van der Waals surface area contributed by atoms with Crippen LogP contribution in [0.1, 0.15) is 42.0 Å².